The van der Waals surface area contributed by atoms with Crippen molar-refractivity contribution in [3.05, 3.63) is 44.7 Å². The number of nitrogens with zero attached hydrogens (tertiary/aromatic N) is 2. The third-order valence-corrected chi connectivity index (χ3v) is 4.27. The number of hydrogen-bond donors (Lipinski definition) is 1. The summed E-state index contributed by atoms with van der Waals surface area (Å²) in [6.07, 6.45) is -0.716. The maximum atomic E-state index is 11.1. The van der Waals surface area contributed by atoms with Crippen LogP contribution in [0.4, 0.5) is 10.7 Å². The number of anilines is 1. The number of aliphatic hydroxyl groups is 1. The third kappa shape index (κ3) is 3.00. The minimum absolute atomic E-state index is 0.0108. The van der Waals surface area contributed by atoms with Gasteiger partial charge in [0.2, 0.25) is 0 Å². The van der Waals surface area contributed by atoms with Gasteiger partial charge in [-0.15, -0.1) is 11.3 Å². The lowest BCUT2D eigenvalue weighted by molar-refractivity contribution is -0.383. The minimum atomic E-state index is -0.716. The zero-order chi connectivity index (χ0) is 14.9. The van der Waals surface area contributed by atoms with Crippen LogP contribution in [0.2, 0.25) is 0 Å². The molecule has 0 radical (unpaired) electrons. The number of aliphatic hydroxyl groups excluding tert-OH is 1. The summed E-state index contributed by atoms with van der Waals surface area (Å²) >= 11 is 1.22. The molecule has 0 saturated carbocycles. The lowest BCUT2D eigenvalue weighted by Crippen LogP contribution is -2.15. The molecule has 6 nitrogen and oxygen atoms in total. The molecule has 20 heavy (non-hydrogen) atoms. The summed E-state index contributed by atoms with van der Waals surface area (Å²) in [5, 5.41) is 21.2. The van der Waals surface area contributed by atoms with Crippen LogP contribution < -0.4 is 4.90 Å². The Morgan fingerprint density at radius 1 is 1.55 bits per heavy atom. The van der Waals surface area contributed by atoms with Gasteiger partial charge in [-0.3, -0.25) is 10.1 Å². The van der Waals surface area contributed by atoms with E-state index in [0.29, 0.717) is 16.4 Å². The molecule has 0 bridgehead atoms. The topological polar surface area (TPSA) is 79.8 Å². The summed E-state index contributed by atoms with van der Waals surface area (Å²) in [5.41, 5.74) is 0.0108. The van der Waals surface area contributed by atoms with Crippen molar-refractivity contribution in [3.63, 3.8) is 0 Å². The molecule has 1 N–H and O–H groups in total. The van der Waals surface area contributed by atoms with Crippen LogP contribution in [0.3, 0.4) is 0 Å². The number of furan rings is 1. The predicted octanol–water partition coefficient (Wildman–Crippen LogP) is 3.25. The van der Waals surface area contributed by atoms with E-state index in [1.165, 1.54) is 17.4 Å². The van der Waals surface area contributed by atoms with Crippen LogP contribution in [-0.4, -0.2) is 17.1 Å². The fourth-order valence-corrected chi connectivity index (χ4v) is 2.90. The van der Waals surface area contributed by atoms with E-state index in [4.69, 9.17) is 4.42 Å². The fraction of sp³-hybridized carbons (Fsp3) is 0.385. The molecule has 1 unspecified atom stereocenters. The first-order valence-corrected chi connectivity index (χ1v) is 6.92. The first-order chi connectivity index (χ1) is 9.38. The second-order valence-corrected chi connectivity index (χ2v) is 5.70. The van der Waals surface area contributed by atoms with Crippen LogP contribution in [0.1, 0.15) is 29.4 Å². The second kappa shape index (κ2) is 5.64. The van der Waals surface area contributed by atoms with Gasteiger partial charge in [0.25, 0.3) is 0 Å². The summed E-state index contributed by atoms with van der Waals surface area (Å²) in [6.45, 7) is 3.88. The van der Waals surface area contributed by atoms with Crippen molar-refractivity contribution in [1.82, 2.24) is 0 Å². The molecule has 0 fully saturated rings. The summed E-state index contributed by atoms with van der Waals surface area (Å²) in [5.74, 6) is 1.55. The van der Waals surface area contributed by atoms with Gasteiger partial charge in [-0.1, -0.05) is 0 Å². The Hall–Kier alpha value is -1.86. The van der Waals surface area contributed by atoms with Crippen LogP contribution in [0.15, 0.2) is 22.6 Å². The van der Waals surface area contributed by atoms with Crippen LogP contribution in [0.25, 0.3) is 0 Å². The second-order valence-electron chi connectivity index (χ2n) is 4.64. The Bertz CT molecular complexity index is 618. The Kier molecular flexibility index (Phi) is 4.10. The Morgan fingerprint density at radius 2 is 2.25 bits per heavy atom. The first-order valence-electron chi connectivity index (χ1n) is 6.11. The van der Waals surface area contributed by atoms with Gasteiger partial charge < -0.3 is 14.4 Å². The number of aryl methyl sites for hydroxylation is 1. The zero-order valence-corrected chi connectivity index (χ0v) is 12.3. The molecule has 108 valence electrons. The molecule has 2 aromatic rings. The van der Waals surface area contributed by atoms with E-state index in [1.807, 2.05) is 19.1 Å². The number of thiophene rings is 1. The molecule has 2 aromatic heterocycles. The number of nitro groups is 1. The largest absolute Gasteiger partial charge is 0.464 e. The first kappa shape index (κ1) is 14.5. The molecular weight excluding hydrogens is 280 g/mol. The van der Waals surface area contributed by atoms with Gasteiger partial charge in [-0.2, -0.15) is 0 Å². The summed E-state index contributed by atoms with van der Waals surface area (Å²) < 4.78 is 5.47. The van der Waals surface area contributed by atoms with E-state index >= 15 is 0 Å². The van der Waals surface area contributed by atoms with Crippen LogP contribution in [0.5, 0.6) is 0 Å². The summed E-state index contributed by atoms with van der Waals surface area (Å²) in [4.78, 5) is 13.0. The number of hydrogen-bond acceptors (Lipinski definition) is 6. The third-order valence-electron chi connectivity index (χ3n) is 2.86. The van der Waals surface area contributed by atoms with Gasteiger partial charge in [-0.05, 0) is 26.0 Å². The molecule has 0 amide bonds. The van der Waals surface area contributed by atoms with Crippen molar-refractivity contribution < 1.29 is 14.4 Å². The lowest BCUT2D eigenvalue weighted by atomic mass is 10.3. The standard InChI is InChI=1S/C13H16N2O4S/c1-8-4-5-10(19-8)7-14(3)13-11(15(17)18)6-12(20-13)9(2)16/h4-6,9,16H,7H2,1-3H3. The van der Waals surface area contributed by atoms with E-state index in [9.17, 15) is 15.2 Å². The van der Waals surface area contributed by atoms with Crippen molar-refractivity contribution in [2.45, 2.75) is 26.5 Å². The predicted molar refractivity (Wildman–Crippen MR) is 77.2 cm³/mol. The van der Waals surface area contributed by atoms with Gasteiger partial charge in [0, 0.05) is 18.0 Å². The van der Waals surface area contributed by atoms with Crippen molar-refractivity contribution >= 4 is 22.0 Å². The quantitative estimate of drug-likeness (QED) is 0.676. The van der Waals surface area contributed by atoms with Crippen LogP contribution in [-0.2, 0) is 6.54 Å². The normalized spacial score (nSPS) is 12.4. The molecule has 0 spiro atoms. The molecule has 2 heterocycles. The van der Waals surface area contributed by atoms with E-state index in [-0.39, 0.29) is 5.69 Å². The maximum Gasteiger partial charge on any atom is 0.304 e. The average Bonchev–Trinajstić information content (AvgIpc) is 2.95. The Morgan fingerprint density at radius 3 is 2.75 bits per heavy atom. The highest BCUT2D eigenvalue weighted by Crippen LogP contribution is 2.40. The monoisotopic (exact) mass is 296 g/mol. The molecule has 0 aliphatic carbocycles. The summed E-state index contributed by atoms with van der Waals surface area (Å²) in [6, 6.07) is 5.13. The van der Waals surface area contributed by atoms with Crippen molar-refractivity contribution in [1.29, 1.82) is 0 Å². The molecule has 0 aliphatic rings. The number of rotatable bonds is 5. The van der Waals surface area contributed by atoms with Gasteiger partial charge in [0.1, 0.15) is 11.5 Å². The molecule has 7 heteroatoms. The van der Waals surface area contributed by atoms with Crippen LogP contribution >= 0.6 is 11.3 Å². The van der Waals surface area contributed by atoms with E-state index < -0.39 is 11.0 Å². The van der Waals surface area contributed by atoms with Gasteiger partial charge in [0.15, 0.2) is 5.00 Å². The van der Waals surface area contributed by atoms with Crippen molar-refractivity contribution in [3.8, 4) is 0 Å². The molecule has 0 saturated heterocycles. The molecule has 1 atom stereocenters. The van der Waals surface area contributed by atoms with Gasteiger partial charge in [-0.25, -0.2) is 0 Å². The summed E-state index contributed by atoms with van der Waals surface area (Å²) in [7, 11) is 1.77. The Balaban J connectivity index is 2.28. The van der Waals surface area contributed by atoms with Crippen LogP contribution in [0, 0.1) is 17.0 Å². The highest BCUT2D eigenvalue weighted by Gasteiger charge is 2.24. The molecular formula is C13H16N2O4S. The van der Waals surface area contributed by atoms with Gasteiger partial charge in [0.05, 0.1) is 17.6 Å². The highest BCUT2D eigenvalue weighted by atomic mass is 32.1. The Labute approximate surface area is 120 Å². The van der Waals surface area contributed by atoms with Crippen molar-refractivity contribution in [2.24, 2.45) is 0 Å². The van der Waals surface area contributed by atoms with E-state index in [0.717, 1.165) is 11.5 Å². The smallest absolute Gasteiger partial charge is 0.304 e. The molecule has 0 aromatic carbocycles. The average molecular weight is 296 g/mol. The van der Waals surface area contributed by atoms with Gasteiger partial charge >= 0.3 is 5.69 Å². The molecule has 0 aliphatic heterocycles. The highest BCUT2D eigenvalue weighted by molar-refractivity contribution is 7.16. The molecule has 2 rings (SSSR count). The maximum absolute atomic E-state index is 11.1. The zero-order valence-electron chi connectivity index (χ0n) is 11.5. The lowest BCUT2D eigenvalue weighted by Gasteiger charge is -2.14. The minimum Gasteiger partial charge on any atom is -0.464 e. The van der Waals surface area contributed by atoms with E-state index in [2.05, 4.69) is 0 Å². The fourth-order valence-electron chi connectivity index (χ4n) is 1.88. The SMILES string of the molecule is Cc1ccc(CN(C)c2sc(C(C)O)cc2[N+](=O)[O-])o1. The van der Waals surface area contributed by atoms with Crippen molar-refractivity contribution in [2.75, 3.05) is 11.9 Å². The van der Waals surface area contributed by atoms with E-state index in [1.54, 1.807) is 18.9 Å².